The second-order valence-electron chi connectivity index (χ2n) is 6.16. The van der Waals surface area contributed by atoms with Crippen molar-refractivity contribution in [2.45, 2.75) is 52.5 Å². The zero-order valence-electron chi connectivity index (χ0n) is 12.6. The summed E-state index contributed by atoms with van der Waals surface area (Å²) in [5, 5.41) is 3.62. The number of thiocarbonyl (C=S) groups is 1. The molecule has 0 aliphatic heterocycles. The molecule has 1 fully saturated rings. The maximum absolute atomic E-state index is 5.87. The molecular weight excluding hydrogens is 266 g/mol. The number of hydrogen-bond acceptors (Lipinski definition) is 3. The molecule has 1 heterocycles. The third-order valence-electron chi connectivity index (χ3n) is 4.40. The topological polar surface area (TPSA) is 50.9 Å². The predicted octanol–water partition coefficient (Wildman–Crippen LogP) is 3.65. The lowest BCUT2D eigenvalue weighted by molar-refractivity contribution is 0.253. The molecule has 0 amide bonds. The maximum atomic E-state index is 5.87. The van der Waals surface area contributed by atoms with Crippen molar-refractivity contribution in [3.8, 4) is 0 Å². The van der Waals surface area contributed by atoms with Gasteiger partial charge >= 0.3 is 0 Å². The lowest BCUT2D eigenvalue weighted by Gasteiger charge is -2.35. The largest absolute Gasteiger partial charge is 0.389 e. The van der Waals surface area contributed by atoms with Crippen LogP contribution in [0.3, 0.4) is 0 Å². The fourth-order valence-corrected chi connectivity index (χ4v) is 3.55. The van der Waals surface area contributed by atoms with Crippen LogP contribution in [0.4, 0.5) is 5.82 Å². The summed E-state index contributed by atoms with van der Waals surface area (Å²) in [6, 6.07) is 2.44. The normalized spacial score (nSPS) is 22.8. The van der Waals surface area contributed by atoms with Gasteiger partial charge in [0.2, 0.25) is 0 Å². The highest BCUT2D eigenvalue weighted by molar-refractivity contribution is 7.80. The predicted molar refractivity (Wildman–Crippen MR) is 89.1 cm³/mol. The average Bonchev–Trinajstić information content (AvgIpc) is 2.38. The van der Waals surface area contributed by atoms with Gasteiger partial charge in [0.25, 0.3) is 0 Å². The Bertz CT molecular complexity index is 485. The molecule has 1 aromatic rings. The Morgan fingerprint density at radius 1 is 1.40 bits per heavy atom. The zero-order chi connectivity index (χ0) is 14.7. The molecule has 3 N–H and O–H groups in total. The molecule has 0 aromatic carbocycles. The Morgan fingerprint density at radius 2 is 2.10 bits per heavy atom. The van der Waals surface area contributed by atoms with E-state index in [2.05, 4.69) is 24.1 Å². The van der Waals surface area contributed by atoms with Gasteiger partial charge in [0.05, 0.1) is 5.56 Å². The molecule has 0 radical (unpaired) electrons. The lowest BCUT2D eigenvalue weighted by Crippen LogP contribution is -2.36. The quantitative estimate of drug-likeness (QED) is 0.831. The van der Waals surface area contributed by atoms with Crippen molar-refractivity contribution in [2.24, 2.45) is 17.6 Å². The van der Waals surface area contributed by atoms with Crippen LogP contribution in [0.5, 0.6) is 0 Å². The van der Waals surface area contributed by atoms with Gasteiger partial charge in [-0.05, 0) is 43.2 Å². The first-order valence-electron chi connectivity index (χ1n) is 7.52. The van der Waals surface area contributed by atoms with Gasteiger partial charge < -0.3 is 11.1 Å². The molecule has 4 heteroatoms. The van der Waals surface area contributed by atoms with Gasteiger partial charge in [-0.25, -0.2) is 4.98 Å². The third kappa shape index (κ3) is 3.29. The second-order valence-corrected chi connectivity index (χ2v) is 6.60. The monoisotopic (exact) mass is 291 g/mol. The van der Waals surface area contributed by atoms with E-state index in [-0.39, 0.29) is 0 Å². The number of hydrogen-bond donors (Lipinski definition) is 2. The van der Waals surface area contributed by atoms with E-state index in [0.29, 0.717) is 22.9 Å². The summed E-state index contributed by atoms with van der Waals surface area (Å²) >= 11 is 5.18. The van der Waals surface area contributed by atoms with Crippen LogP contribution < -0.4 is 11.1 Å². The third-order valence-corrected chi connectivity index (χ3v) is 4.61. The number of nitrogens with two attached hydrogens (primary N) is 1. The fourth-order valence-electron chi connectivity index (χ4n) is 3.29. The molecule has 20 heavy (non-hydrogen) atoms. The maximum Gasteiger partial charge on any atom is 0.136 e. The van der Waals surface area contributed by atoms with E-state index in [1.165, 1.54) is 25.7 Å². The minimum atomic E-state index is 0.426. The highest BCUT2D eigenvalue weighted by Crippen LogP contribution is 2.32. The van der Waals surface area contributed by atoms with Gasteiger partial charge in [0, 0.05) is 12.2 Å². The van der Waals surface area contributed by atoms with E-state index in [1.54, 1.807) is 0 Å². The minimum Gasteiger partial charge on any atom is -0.389 e. The smallest absolute Gasteiger partial charge is 0.136 e. The van der Waals surface area contributed by atoms with Crippen LogP contribution in [0.25, 0.3) is 0 Å². The number of aryl methyl sites for hydroxylation is 1. The molecule has 1 saturated carbocycles. The minimum absolute atomic E-state index is 0.426. The molecule has 2 unspecified atom stereocenters. The van der Waals surface area contributed by atoms with E-state index < -0.39 is 0 Å². The van der Waals surface area contributed by atoms with Crippen LogP contribution >= 0.6 is 12.2 Å². The van der Waals surface area contributed by atoms with Crippen molar-refractivity contribution >= 4 is 23.0 Å². The van der Waals surface area contributed by atoms with Gasteiger partial charge in [0.15, 0.2) is 0 Å². The molecule has 3 nitrogen and oxygen atoms in total. The first-order chi connectivity index (χ1) is 9.50. The number of rotatable bonds is 4. The highest BCUT2D eigenvalue weighted by Gasteiger charge is 2.28. The molecule has 1 aliphatic carbocycles. The lowest BCUT2D eigenvalue weighted by atomic mass is 9.78. The Kier molecular flexibility index (Phi) is 4.97. The van der Waals surface area contributed by atoms with Gasteiger partial charge in [-0.3, -0.25) is 0 Å². The molecule has 1 aromatic heterocycles. The molecule has 2 rings (SSSR count). The van der Waals surface area contributed by atoms with E-state index >= 15 is 0 Å². The van der Waals surface area contributed by atoms with Crippen molar-refractivity contribution in [3.63, 3.8) is 0 Å². The van der Waals surface area contributed by atoms with Crippen molar-refractivity contribution in [3.05, 3.63) is 23.4 Å². The summed E-state index contributed by atoms with van der Waals surface area (Å²) in [7, 11) is 0. The summed E-state index contributed by atoms with van der Waals surface area (Å²) in [6.45, 7) is 6.65. The standard InChI is InChI=1S/C16H25N3S/c1-10(2)12-6-4-5-7-13(12)19-16-14(15(17)20)11(3)8-9-18-16/h8-10,12-13H,4-7H2,1-3H3,(H2,17,20)(H,18,19). The number of nitrogens with zero attached hydrogens (tertiary/aromatic N) is 1. The van der Waals surface area contributed by atoms with Crippen molar-refractivity contribution in [2.75, 3.05) is 5.32 Å². The van der Waals surface area contributed by atoms with Gasteiger partial charge in [-0.15, -0.1) is 0 Å². The van der Waals surface area contributed by atoms with Crippen LogP contribution in [0.1, 0.15) is 50.7 Å². The van der Waals surface area contributed by atoms with Crippen molar-refractivity contribution in [1.82, 2.24) is 4.98 Å². The fraction of sp³-hybridized carbons (Fsp3) is 0.625. The average molecular weight is 291 g/mol. The molecule has 1 aliphatic rings. The molecule has 110 valence electrons. The van der Waals surface area contributed by atoms with E-state index in [4.69, 9.17) is 18.0 Å². The Labute approximate surface area is 127 Å². The number of anilines is 1. The summed E-state index contributed by atoms with van der Waals surface area (Å²) < 4.78 is 0. The summed E-state index contributed by atoms with van der Waals surface area (Å²) in [5.74, 6) is 2.24. The van der Waals surface area contributed by atoms with Crippen LogP contribution in [0.15, 0.2) is 12.3 Å². The van der Waals surface area contributed by atoms with E-state index in [0.717, 1.165) is 16.9 Å². The highest BCUT2D eigenvalue weighted by atomic mass is 32.1. The summed E-state index contributed by atoms with van der Waals surface area (Å²) in [5.41, 5.74) is 7.85. The molecule has 0 bridgehead atoms. The summed E-state index contributed by atoms with van der Waals surface area (Å²) in [6.07, 6.45) is 6.95. The molecule has 2 atom stereocenters. The molecule has 0 spiro atoms. The second kappa shape index (κ2) is 6.53. The first-order valence-corrected chi connectivity index (χ1v) is 7.93. The van der Waals surface area contributed by atoms with Crippen LogP contribution in [-0.4, -0.2) is 16.0 Å². The van der Waals surface area contributed by atoms with E-state index in [9.17, 15) is 0 Å². The summed E-state index contributed by atoms with van der Waals surface area (Å²) in [4.78, 5) is 4.90. The number of pyridine rings is 1. The first kappa shape index (κ1) is 15.2. The van der Waals surface area contributed by atoms with Gasteiger partial charge in [-0.2, -0.15) is 0 Å². The van der Waals surface area contributed by atoms with E-state index in [1.807, 2.05) is 19.2 Å². The van der Waals surface area contributed by atoms with Crippen LogP contribution in [-0.2, 0) is 0 Å². The number of aromatic nitrogens is 1. The Balaban J connectivity index is 2.24. The van der Waals surface area contributed by atoms with Gasteiger partial charge in [-0.1, -0.05) is 38.9 Å². The Hall–Kier alpha value is -1.16. The molecule has 0 saturated heterocycles. The van der Waals surface area contributed by atoms with Gasteiger partial charge in [0.1, 0.15) is 10.8 Å². The van der Waals surface area contributed by atoms with Crippen LogP contribution in [0, 0.1) is 18.8 Å². The number of nitrogens with one attached hydrogen (secondary N) is 1. The SMILES string of the molecule is Cc1ccnc(NC2CCCCC2C(C)C)c1C(N)=S. The van der Waals surface area contributed by atoms with Crippen molar-refractivity contribution in [1.29, 1.82) is 0 Å². The molecular formula is C16H25N3S. The van der Waals surface area contributed by atoms with Crippen LogP contribution in [0.2, 0.25) is 0 Å². The Morgan fingerprint density at radius 3 is 2.75 bits per heavy atom. The zero-order valence-corrected chi connectivity index (χ0v) is 13.5. The van der Waals surface area contributed by atoms with Crippen molar-refractivity contribution < 1.29 is 0 Å².